The maximum absolute atomic E-state index is 5.85. The third-order valence-corrected chi connectivity index (χ3v) is 2.28. The Balaban J connectivity index is 2.72. The number of nitrogens with zero attached hydrogens (tertiary/aromatic N) is 1. The van der Waals surface area contributed by atoms with Crippen molar-refractivity contribution in [2.75, 3.05) is 51.1 Å². The molecule has 16 heavy (non-hydrogen) atoms. The molecule has 90 valence electrons. The second kappa shape index (κ2) is 5.46. The van der Waals surface area contributed by atoms with E-state index in [0.29, 0.717) is 17.1 Å². The van der Waals surface area contributed by atoms with Crippen LogP contribution in [0, 0.1) is 0 Å². The highest BCUT2D eigenvalue weighted by Gasteiger charge is 2.05. The summed E-state index contributed by atoms with van der Waals surface area (Å²) in [6.07, 6.45) is 0. The zero-order valence-corrected chi connectivity index (χ0v) is 10.1. The van der Waals surface area contributed by atoms with Gasteiger partial charge in [-0.1, -0.05) is 0 Å². The van der Waals surface area contributed by atoms with Gasteiger partial charge in [-0.25, -0.2) is 0 Å². The minimum atomic E-state index is 0.554. The van der Waals surface area contributed by atoms with E-state index in [1.165, 1.54) is 0 Å². The molecule has 1 aromatic rings. The van der Waals surface area contributed by atoms with E-state index in [4.69, 9.17) is 16.2 Å². The summed E-state index contributed by atoms with van der Waals surface area (Å²) in [4.78, 5) is 2.09. The Kier molecular flexibility index (Phi) is 4.25. The minimum Gasteiger partial charge on any atom is -0.495 e. The van der Waals surface area contributed by atoms with Gasteiger partial charge in [0.1, 0.15) is 5.75 Å². The van der Waals surface area contributed by atoms with Crippen molar-refractivity contribution in [1.29, 1.82) is 0 Å². The van der Waals surface area contributed by atoms with Crippen LogP contribution in [0.2, 0.25) is 0 Å². The lowest BCUT2D eigenvalue weighted by molar-refractivity contribution is 0.416. The van der Waals surface area contributed by atoms with Crippen molar-refractivity contribution < 1.29 is 4.74 Å². The highest BCUT2D eigenvalue weighted by Crippen LogP contribution is 2.30. The summed E-state index contributed by atoms with van der Waals surface area (Å²) in [7, 11) is 5.63. The zero-order chi connectivity index (χ0) is 12.1. The average molecular weight is 224 g/mol. The molecular formula is C11H20N4O. The molecule has 0 bridgehead atoms. The van der Waals surface area contributed by atoms with Gasteiger partial charge in [0.25, 0.3) is 0 Å². The molecule has 0 atom stereocenters. The van der Waals surface area contributed by atoms with Gasteiger partial charge in [0.15, 0.2) is 0 Å². The van der Waals surface area contributed by atoms with Gasteiger partial charge in [0.2, 0.25) is 0 Å². The predicted octanol–water partition coefficient (Wildman–Crippen LogP) is 0.833. The topological polar surface area (TPSA) is 76.5 Å². The molecule has 0 unspecified atom stereocenters. The summed E-state index contributed by atoms with van der Waals surface area (Å²) < 4.78 is 5.14. The fraction of sp³-hybridized carbons (Fsp3) is 0.455. The van der Waals surface area contributed by atoms with Gasteiger partial charge in [-0.05, 0) is 20.2 Å². The monoisotopic (exact) mass is 224 g/mol. The van der Waals surface area contributed by atoms with Crippen molar-refractivity contribution in [2.45, 2.75) is 0 Å². The fourth-order valence-electron chi connectivity index (χ4n) is 1.36. The van der Waals surface area contributed by atoms with Gasteiger partial charge in [-0.3, -0.25) is 0 Å². The Labute approximate surface area is 96.4 Å². The standard InChI is InChI=1S/C11H20N4O/c1-15(2)5-4-14-10-7-11(16-3)9(13)6-8(10)12/h6-7,14H,4-5,12-13H2,1-3H3. The Hall–Kier alpha value is -1.62. The SMILES string of the molecule is COc1cc(NCCN(C)C)c(N)cc1N. The number of ether oxygens (including phenoxy) is 1. The van der Waals surface area contributed by atoms with Gasteiger partial charge in [-0.2, -0.15) is 0 Å². The summed E-state index contributed by atoms with van der Waals surface area (Å²) in [5, 5.41) is 3.24. The molecule has 0 aliphatic heterocycles. The summed E-state index contributed by atoms with van der Waals surface area (Å²) in [6, 6.07) is 3.52. The summed E-state index contributed by atoms with van der Waals surface area (Å²) in [6.45, 7) is 1.76. The number of benzene rings is 1. The molecule has 0 amide bonds. The number of methoxy groups -OCH3 is 1. The molecule has 5 heteroatoms. The molecule has 0 radical (unpaired) electrons. The molecule has 0 fully saturated rings. The number of rotatable bonds is 5. The van der Waals surface area contributed by atoms with Gasteiger partial charge in [0, 0.05) is 19.2 Å². The van der Waals surface area contributed by atoms with Crippen LogP contribution in [0.3, 0.4) is 0 Å². The second-order valence-electron chi connectivity index (χ2n) is 3.91. The highest BCUT2D eigenvalue weighted by atomic mass is 16.5. The Bertz CT molecular complexity index is 352. The Morgan fingerprint density at radius 2 is 1.94 bits per heavy atom. The largest absolute Gasteiger partial charge is 0.495 e. The number of likely N-dealkylation sites (N-methyl/N-ethyl adjacent to an activating group) is 1. The highest BCUT2D eigenvalue weighted by molar-refractivity contribution is 5.75. The molecule has 5 N–H and O–H groups in total. The first-order valence-electron chi connectivity index (χ1n) is 5.16. The molecule has 0 aromatic heterocycles. The number of nitrogens with two attached hydrogens (primary N) is 2. The number of anilines is 3. The summed E-state index contributed by atoms with van der Waals surface area (Å²) in [5.41, 5.74) is 13.6. The second-order valence-corrected chi connectivity index (χ2v) is 3.91. The first-order valence-corrected chi connectivity index (χ1v) is 5.16. The molecular weight excluding hydrogens is 204 g/mol. The first-order chi connectivity index (χ1) is 7.54. The number of nitrogen functional groups attached to an aromatic ring is 2. The van der Waals surface area contributed by atoms with Gasteiger partial charge in [-0.15, -0.1) is 0 Å². The van der Waals surface area contributed by atoms with E-state index in [9.17, 15) is 0 Å². The maximum Gasteiger partial charge on any atom is 0.143 e. The number of hydrogen-bond acceptors (Lipinski definition) is 5. The van der Waals surface area contributed by atoms with Crippen LogP contribution in [0.5, 0.6) is 5.75 Å². The third-order valence-electron chi connectivity index (χ3n) is 2.28. The third kappa shape index (κ3) is 3.20. The van der Waals surface area contributed by atoms with Crippen molar-refractivity contribution in [3.8, 4) is 5.75 Å². The van der Waals surface area contributed by atoms with Crippen LogP contribution in [0.15, 0.2) is 12.1 Å². The normalized spacial score (nSPS) is 10.5. The fourth-order valence-corrected chi connectivity index (χ4v) is 1.36. The van der Waals surface area contributed by atoms with E-state index in [2.05, 4.69) is 10.2 Å². The van der Waals surface area contributed by atoms with Crippen LogP contribution in [-0.4, -0.2) is 39.2 Å². The van der Waals surface area contributed by atoms with Gasteiger partial charge >= 0.3 is 0 Å². The van der Waals surface area contributed by atoms with E-state index < -0.39 is 0 Å². The van der Waals surface area contributed by atoms with Crippen LogP contribution in [0.25, 0.3) is 0 Å². The van der Waals surface area contributed by atoms with Crippen LogP contribution < -0.4 is 21.5 Å². The molecule has 0 spiro atoms. The van der Waals surface area contributed by atoms with Crippen molar-refractivity contribution in [1.82, 2.24) is 4.90 Å². The lowest BCUT2D eigenvalue weighted by atomic mass is 10.2. The van der Waals surface area contributed by atoms with Crippen LogP contribution in [0.4, 0.5) is 17.1 Å². The summed E-state index contributed by atoms with van der Waals surface area (Å²) in [5.74, 6) is 0.640. The number of hydrogen-bond donors (Lipinski definition) is 3. The van der Waals surface area contributed by atoms with Crippen LogP contribution >= 0.6 is 0 Å². The first kappa shape index (κ1) is 12.4. The summed E-state index contributed by atoms with van der Waals surface area (Å²) >= 11 is 0. The molecule has 0 heterocycles. The number of nitrogens with one attached hydrogen (secondary N) is 1. The van der Waals surface area contributed by atoms with Crippen molar-refractivity contribution in [3.05, 3.63) is 12.1 Å². The van der Waals surface area contributed by atoms with Crippen molar-refractivity contribution in [3.63, 3.8) is 0 Å². The lowest BCUT2D eigenvalue weighted by Crippen LogP contribution is -2.21. The van der Waals surface area contributed by atoms with Gasteiger partial charge in [0.05, 0.1) is 24.2 Å². The molecule has 1 rings (SSSR count). The average Bonchev–Trinajstić information content (AvgIpc) is 2.20. The quantitative estimate of drug-likeness (QED) is 0.646. The van der Waals surface area contributed by atoms with E-state index in [1.807, 2.05) is 20.2 Å². The molecule has 0 aliphatic rings. The molecule has 0 saturated carbocycles. The Morgan fingerprint density at radius 1 is 1.25 bits per heavy atom. The van der Waals surface area contributed by atoms with Crippen LogP contribution in [-0.2, 0) is 0 Å². The molecule has 5 nitrogen and oxygen atoms in total. The van der Waals surface area contributed by atoms with E-state index in [0.717, 1.165) is 18.8 Å². The zero-order valence-electron chi connectivity index (χ0n) is 10.1. The maximum atomic E-state index is 5.85. The molecule has 0 aliphatic carbocycles. The lowest BCUT2D eigenvalue weighted by Gasteiger charge is -2.14. The van der Waals surface area contributed by atoms with Crippen LogP contribution in [0.1, 0.15) is 0 Å². The van der Waals surface area contributed by atoms with E-state index in [-0.39, 0.29) is 0 Å². The van der Waals surface area contributed by atoms with Crippen molar-refractivity contribution >= 4 is 17.1 Å². The smallest absolute Gasteiger partial charge is 0.143 e. The van der Waals surface area contributed by atoms with E-state index in [1.54, 1.807) is 13.2 Å². The minimum absolute atomic E-state index is 0.554. The Morgan fingerprint density at radius 3 is 2.50 bits per heavy atom. The van der Waals surface area contributed by atoms with Crippen molar-refractivity contribution in [2.24, 2.45) is 0 Å². The van der Waals surface area contributed by atoms with E-state index >= 15 is 0 Å². The predicted molar refractivity (Wildman–Crippen MR) is 68.9 cm³/mol. The molecule has 1 aromatic carbocycles. The van der Waals surface area contributed by atoms with Gasteiger partial charge < -0.3 is 26.4 Å². The molecule has 0 saturated heterocycles.